The van der Waals surface area contributed by atoms with E-state index in [9.17, 15) is 0 Å². The molecule has 0 saturated heterocycles. The smallest absolute Gasteiger partial charge is 0.258 e. The maximum absolute atomic E-state index is 5.89. The van der Waals surface area contributed by atoms with Gasteiger partial charge in [0.1, 0.15) is 5.75 Å². The predicted molar refractivity (Wildman–Crippen MR) is 147 cm³/mol. The van der Waals surface area contributed by atoms with Crippen molar-refractivity contribution < 1.29 is 9.26 Å². The summed E-state index contributed by atoms with van der Waals surface area (Å²) in [6.07, 6.45) is 0.938. The van der Waals surface area contributed by atoms with Gasteiger partial charge in [-0.05, 0) is 73.9 Å². The first kappa shape index (κ1) is 23.8. The van der Waals surface area contributed by atoms with Crippen LogP contribution in [-0.2, 0) is 6.42 Å². The second-order valence-corrected chi connectivity index (χ2v) is 9.20. The van der Waals surface area contributed by atoms with Gasteiger partial charge in [-0.25, -0.2) is 0 Å². The van der Waals surface area contributed by atoms with Crippen LogP contribution in [0, 0.1) is 6.92 Å². The van der Waals surface area contributed by atoms with Crippen LogP contribution < -0.4 is 15.0 Å². The normalized spacial score (nSPS) is 15.7. The average Bonchev–Trinajstić information content (AvgIpc) is 3.38. The van der Waals surface area contributed by atoms with Gasteiger partial charge in [0.05, 0.1) is 18.7 Å². The maximum atomic E-state index is 5.89. The van der Waals surface area contributed by atoms with Crippen LogP contribution in [-0.4, -0.2) is 22.4 Å². The lowest BCUT2D eigenvalue weighted by Crippen LogP contribution is -2.46. The molecule has 1 unspecified atom stereocenters. The number of hydrogen-bond donors (Lipinski definition) is 1. The van der Waals surface area contributed by atoms with Crippen LogP contribution in [0.2, 0.25) is 0 Å². The van der Waals surface area contributed by atoms with Crippen molar-refractivity contribution in [1.29, 1.82) is 0 Å². The third-order valence-corrected chi connectivity index (χ3v) is 6.72. The van der Waals surface area contributed by atoms with Crippen molar-refractivity contribution in [2.75, 3.05) is 12.0 Å². The second kappa shape index (κ2) is 9.95. The van der Waals surface area contributed by atoms with Crippen LogP contribution >= 0.6 is 12.2 Å². The highest BCUT2D eigenvalue weighted by Crippen LogP contribution is 2.40. The molecular formula is C29H28N4O2S. The number of thiocarbonyl (C=S) groups is 1. The zero-order valence-corrected chi connectivity index (χ0v) is 21.6. The van der Waals surface area contributed by atoms with Crippen LogP contribution in [0.15, 0.2) is 83.0 Å². The number of ether oxygens (including phenoxy) is 1. The lowest BCUT2D eigenvalue weighted by Gasteiger charge is -2.37. The third-order valence-electron chi connectivity index (χ3n) is 6.42. The van der Waals surface area contributed by atoms with E-state index >= 15 is 0 Å². The summed E-state index contributed by atoms with van der Waals surface area (Å²) < 4.78 is 11.4. The minimum atomic E-state index is -0.288. The highest BCUT2D eigenvalue weighted by Gasteiger charge is 2.35. The number of methoxy groups -OCH3 is 1. The minimum Gasteiger partial charge on any atom is -0.497 e. The Balaban J connectivity index is 1.67. The van der Waals surface area contributed by atoms with E-state index in [2.05, 4.69) is 41.7 Å². The van der Waals surface area contributed by atoms with Crippen LogP contribution in [0.25, 0.3) is 17.0 Å². The van der Waals surface area contributed by atoms with Crippen molar-refractivity contribution in [2.45, 2.75) is 33.2 Å². The lowest BCUT2D eigenvalue weighted by atomic mass is 9.94. The summed E-state index contributed by atoms with van der Waals surface area (Å²) in [6.45, 7) is 6.24. The number of rotatable bonds is 6. The first-order valence-corrected chi connectivity index (χ1v) is 12.3. The molecule has 1 aromatic heterocycles. The molecule has 0 bridgehead atoms. The van der Waals surface area contributed by atoms with E-state index in [-0.39, 0.29) is 6.04 Å². The quantitative estimate of drug-likeness (QED) is 0.306. The number of benzene rings is 3. The fourth-order valence-electron chi connectivity index (χ4n) is 4.55. The van der Waals surface area contributed by atoms with Crippen LogP contribution in [0.3, 0.4) is 0 Å². The number of hydrogen-bond acceptors (Lipinski definition) is 5. The van der Waals surface area contributed by atoms with E-state index in [0.29, 0.717) is 16.8 Å². The molecule has 0 aliphatic carbocycles. The molecule has 7 heteroatoms. The molecule has 0 spiro atoms. The van der Waals surface area contributed by atoms with Gasteiger partial charge < -0.3 is 14.6 Å². The zero-order chi connectivity index (χ0) is 25.2. The molecule has 0 saturated carbocycles. The van der Waals surface area contributed by atoms with Gasteiger partial charge in [-0.2, -0.15) is 4.98 Å². The van der Waals surface area contributed by atoms with E-state index < -0.39 is 0 Å². The number of nitrogens with one attached hydrogen (secondary N) is 1. The summed E-state index contributed by atoms with van der Waals surface area (Å²) in [6, 6.07) is 24.1. The van der Waals surface area contributed by atoms with Gasteiger partial charge in [-0.3, -0.25) is 4.90 Å². The number of aromatic nitrogens is 2. The molecule has 2 heterocycles. The average molecular weight is 497 g/mol. The first-order valence-electron chi connectivity index (χ1n) is 11.9. The third kappa shape index (κ3) is 4.50. The lowest BCUT2D eigenvalue weighted by molar-refractivity contribution is 0.403. The summed E-state index contributed by atoms with van der Waals surface area (Å²) in [5.41, 5.74) is 7.05. The van der Waals surface area contributed by atoms with E-state index in [1.54, 1.807) is 7.11 Å². The van der Waals surface area contributed by atoms with Gasteiger partial charge in [0.2, 0.25) is 5.82 Å². The summed E-state index contributed by atoms with van der Waals surface area (Å²) >= 11 is 5.89. The van der Waals surface area contributed by atoms with E-state index in [4.69, 9.17) is 26.5 Å². The highest BCUT2D eigenvalue weighted by atomic mass is 32.1. The van der Waals surface area contributed by atoms with Gasteiger partial charge in [0.15, 0.2) is 5.11 Å². The fraction of sp³-hybridized carbons (Fsp3) is 0.207. The Morgan fingerprint density at radius 3 is 2.61 bits per heavy atom. The molecule has 3 aromatic carbocycles. The summed E-state index contributed by atoms with van der Waals surface area (Å²) in [7, 11) is 1.66. The molecule has 1 atom stereocenters. The number of anilines is 1. The molecule has 4 aromatic rings. The number of nitrogens with zero attached hydrogens (tertiary/aromatic N) is 3. The monoisotopic (exact) mass is 496 g/mol. The molecule has 1 aliphatic rings. The van der Waals surface area contributed by atoms with Crippen molar-refractivity contribution in [3.63, 3.8) is 0 Å². The van der Waals surface area contributed by atoms with Crippen molar-refractivity contribution in [3.05, 3.63) is 101 Å². The van der Waals surface area contributed by atoms with E-state index in [1.807, 2.05) is 67.3 Å². The maximum Gasteiger partial charge on any atom is 0.258 e. The van der Waals surface area contributed by atoms with Crippen molar-refractivity contribution >= 4 is 28.6 Å². The summed E-state index contributed by atoms with van der Waals surface area (Å²) in [5.74, 6) is 1.76. The van der Waals surface area contributed by atoms with Gasteiger partial charge in [0.25, 0.3) is 5.89 Å². The van der Waals surface area contributed by atoms with Crippen molar-refractivity contribution in [1.82, 2.24) is 15.5 Å². The number of aryl methyl sites for hydroxylation is 2. The summed E-state index contributed by atoms with van der Waals surface area (Å²) in [4.78, 5) is 6.86. The van der Waals surface area contributed by atoms with Crippen LogP contribution in [0.4, 0.5) is 5.69 Å². The predicted octanol–water partition coefficient (Wildman–Crippen LogP) is 6.48. The molecule has 1 aliphatic heterocycles. The van der Waals surface area contributed by atoms with Gasteiger partial charge >= 0.3 is 0 Å². The van der Waals surface area contributed by atoms with Gasteiger partial charge in [0, 0.05) is 16.9 Å². The zero-order valence-electron chi connectivity index (χ0n) is 20.8. The van der Waals surface area contributed by atoms with Gasteiger partial charge in [-0.15, -0.1) is 0 Å². The van der Waals surface area contributed by atoms with Crippen LogP contribution in [0.1, 0.15) is 42.5 Å². The Hall–Kier alpha value is -3.97. The Morgan fingerprint density at radius 1 is 1.03 bits per heavy atom. The minimum absolute atomic E-state index is 0.288. The van der Waals surface area contributed by atoms with E-state index in [1.165, 1.54) is 5.56 Å². The Morgan fingerprint density at radius 2 is 1.83 bits per heavy atom. The second-order valence-electron chi connectivity index (χ2n) is 8.81. The SMILES string of the molecule is CCc1cccc(N2C(=S)NC(c3cccc(OC)c3)C(c3nc(-c4cccc(C)c4)no3)=C2C)c1. The molecule has 0 radical (unpaired) electrons. The number of allylic oxidation sites excluding steroid dienone is 1. The fourth-order valence-corrected chi connectivity index (χ4v) is 4.91. The molecule has 5 rings (SSSR count). The topological polar surface area (TPSA) is 63.4 Å². The molecule has 1 N–H and O–H groups in total. The Labute approximate surface area is 216 Å². The van der Waals surface area contributed by atoms with Crippen molar-refractivity contribution in [3.8, 4) is 17.1 Å². The highest BCUT2D eigenvalue weighted by molar-refractivity contribution is 7.80. The Bertz CT molecular complexity index is 1460. The van der Waals surface area contributed by atoms with Crippen molar-refractivity contribution in [2.24, 2.45) is 0 Å². The molecule has 182 valence electrons. The van der Waals surface area contributed by atoms with Crippen LogP contribution in [0.5, 0.6) is 5.75 Å². The standard InChI is InChI=1S/C29H28N4O2S/c1-5-20-10-7-13-23(16-20)33-19(3)25(26(30-29(33)36)21-11-8-14-24(17-21)34-4)28-31-27(32-35-28)22-12-6-9-18(2)15-22/h6-17,26H,5H2,1-4H3,(H,30,36). The van der Waals surface area contributed by atoms with Gasteiger partial charge in [-0.1, -0.05) is 60.1 Å². The molecule has 6 nitrogen and oxygen atoms in total. The summed E-state index contributed by atoms with van der Waals surface area (Å²) in [5, 5.41) is 8.45. The molecule has 0 amide bonds. The van der Waals surface area contributed by atoms with E-state index in [0.717, 1.165) is 45.8 Å². The molecular weight excluding hydrogens is 468 g/mol. The first-order chi connectivity index (χ1) is 17.5. The molecule has 0 fully saturated rings. The largest absolute Gasteiger partial charge is 0.497 e. The Kier molecular flexibility index (Phi) is 6.57. The molecule has 36 heavy (non-hydrogen) atoms.